The lowest BCUT2D eigenvalue weighted by molar-refractivity contribution is 0.0660. The molecule has 0 aliphatic carbocycles. The van der Waals surface area contributed by atoms with Gasteiger partial charge in [0.15, 0.2) is 0 Å². The Balaban J connectivity index is 1.45. The highest BCUT2D eigenvalue weighted by Crippen LogP contribution is 2.37. The van der Waals surface area contributed by atoms with Gasteiger partial charge in [0.2, 0.25) is 0 Å². The number of thiazole rings is 1. The van der Waals surface area contributed by atoms with E-state index in [1.807, 2.05) is 12.3 Å². The van der Waals surface area contributed by atoms with Gasteiger partial charge in [-0.1, -0.05) is 41.7 Å². The fourth-order valence-electron chi connectivity index (χ4n) is 3.65. The van der Waals surface area contributed by atoms with Crippen LogP contribution < -0.4 is 4.74 Å². The normalized spacial score (nSPS) is 28.7. The first-order chi connectivity index (χ1) is 10.3. The molecule has 0 N–H and O–H groups in total. The topological polar surface area (TPSA) is 25.4 Å². The zero-order valence-electron chi connectivity index (χ0n) is 12.2. The van der Waals surface area contributed by atoms with Crippen molar-refractivity contribution in [2.75, 3.05) is 7.05 Å². The summed E-state index contributed by atoms with van der Waals surface area (Å²) in [6, 6.07) is 11.8. The van der Waals surface area contributed by atoms with Crippen LogP contribution in [0.5, 0.6) is 5.19 Å². The molecule has 21 heavy (non-hydrogen) atoms. The second-order valence-electron chi connectivity index (χ2n) is 6.12. The molecular formula is C17H20N2OS. The quantitative estimate of drug-likeness (QED) is 0.862. The van der Waals surface area contributed by atoms with Gasteiger partial charge in [0.25, 0.3) is 5.19 Å². The largest absolute Gasteiger partial charge is 0.467 e. The molecule has 4 rings (SSSR count). The summed E-state index contributed by atoms with van der Waals surface area (Å²) in [5, 5.41) is 0.822. The van der Waals surface area contributed by atoms with Crippen LogP contribution in [-0.4, -0.2) is 35.1 Å². The van der Waals surface area contributed by atoms with E-state index < -0.39 is 0 Å². The molecule has 2 saturated heterocycles. The highest BCUT2D eigenvalue weighted by Gasteiger charge is 2.39. The van der Waals surface area contributed by atoms with E-state index in [9.17, 15) is 0 Å². The number of rotatable bonds is 3. The SMILES string of the molecule is CN1C2CCC1CC(Oc1ncc(-c3ccccc3)s1)C2. The van der Waals surface area contributed by atoms with E-state index in [4.69, 9.17) is 4.74 Å². The Morgan fingerprint density at radius 3 is 2.57 bits per heavy atom. The van der Waals surface area contributed by atoms with Crippen LogP contribution in [0.15, 0.2) is 36.5 Å². The molecule has 2 unspecified atom stereocenters. The Morgan fingerprint density at radius 1 is 1.14 bits per heavy atom. The van der Waals surface area contributed by atoms with E-state index >= 15 is 0 Å². The number of aromatic nitrogens is 1. The molecule has 2 fully saturated rings. The van der Waals surface area contributed by atoms with Gasteiger partial charge in [-0.15, -0.1) is 0 Å². The average molecular weight is 300 g/mol. The van der Waals surface area contributed by atoms with Gasteiger partial charge in [-0.25, -0.2) is 4.98 Å². The molecule has 2 aromatic rings. The smallest absolute Gasteiger partial charge is 0.273 e. The number of hydrogen-bond donors (Lipinski definition) is 0. The summed E-state index contributed by atoms with van der Waals surface area (Å²) >= 11 is 1.66. The molecule has 3 heterocycles. The number of hydrogen-bond acceptors (Lipinski definition) is 4. The number of ether oxygens (including phenoxy) is 1. The minimum atomic E-state index is 0.341. The summed E-state index contributed by atoms with van der Waals surface area (Å²) in [4.78, 5) is 8.18. The van der Waals surface area contributed by atoms with Crippen molar-refractivity contribution in [2.45, 2.75) is 43.9 Å². The zero-order valence-corrected chi connectivity index (χ0v) is 13.1. The molecule has 110 valence electrons. The van der Waals surface area contributed by atoms with Crippen molar-refractivity contribution in [1.29, 1.82) is 0 Å². The molecule has 1 aromatic heterocycles. The van der Waals surface area contributed by atoms with E-state index in [0.29, 0.717) is 18.2 Å². The highest BCUT2D eigenvalue weighted by atomic mass is 32.1. The van der Waals surface area contributed by atoms with Crippen LogP contribution in [0.2, 0.25) is 0 Å². The van der Waals surface area contributed by atoms with Crippen molar-refractivity contribution in [3.05, 3.63) is 36.5 Å². The Bertz CT molecular complexity index is 598. The first-order valence-electron chi connectivity index (χ1n) is 7.69. The van der Waals surface area contributed by atoms with Gasteiger partial charge in [0, 0.05) is 18.3 Å². The number of nitrogens with zero attached hydrogens (tertiary/aromatic N) is 2. The molecule has 2 aliphatic rings. The molecule has 3 nitrogen and oxygen atoms in total. The second kappa shape index (κ2) is 5.43. The lowest BCUT2D eigenvalue weighted by Gasteiger charge is -2.35. The van der Waals surface area contributed by atoms with Crippen LogP contribution in [0, 0.1) is 0 Å². The van der Waals surface area contributed by atoms with E-state index in [0.717, 1.165) is 18.0 Å². The third-order valence-corrected chi connectivity index (χ3v) is 5.80. The maximum atomic E-state index is 6.17. The predicted octanol–water partition coefficient (Wildman–Crippen LogP) is 3.81. The summed E-state index contributed by atoms with van der Waals surface area (Å²) in [6.45, 7) is 0. The predicted molar refractivity (Wildman–Crippen MR) is 85.8 cm³/mol. The van der Waals surface area contributed by atoms with Gasteiger partial charge in [0.1, 0.15) is 6.10 Å². The third-order valence-electron chi connectivity index (χ3n) is 4.87. The summed E-state index contributed by atoms with van der Waals surface area (Å²) in [6.07, 6.45) is 7.22. The molecule has 0 spiro atoms. The van der Waals surface area contributed by atoms with Crippen LogP contribution in [0.3, 0.4) is 0 Å². The van der Waals surface area contributed by atoms with Gasteiger partial charge < -0.3 is 9.64 Å². The Labute approximate surface area is 129 Å². The van der Waals surface area contributed by atoms with E-state index in [2.05, 4.69) is 41.2 Å². The minimum Gasteiger partial charge on any atom is -0.467 e. The van der Waals surface area contributed by atoms with Crippen LogP contribution >= 0.6 is 11.3 Å². The number of piperidine rings is 1. The summed E-state index contributed by atoms with van der Waals surface area (Å²) < 4.78 is 6.17. The van der Waals surface area contributed by atoms with Gasteiger partial charge in [0.05, 0.1) is 4.88 Å². The number of benzene rings is 1. The van der Waals surface area contributed by atoms with Crippen LogP contribution in [0.25, 0.3) is 10.4 Å². The molecule has 0 saturated carbocycles. The van der Waals surface area contributed by atoms with Crippen molar-refractivity contribution in [2.24, 2.45) is 0 Å². The first-order valence-corrected chi connectivity index (χ1v) is 8.51. The Morgan fingerprint density at radius 2 is 1.86 bits per heavy atom. The maximum Gasteiger partial charge on any atom is 0.273 e. The van der Waals surface area contributed by atoms with Crippen molar-refractivity contribution < 1.29 is 4.74 Å². The number of fused-ring (bicyclic) bond motifs is 2. The third kappa shape index (κ3) is 2.58. The molecule has 2 atom stereocenters. The summed E-state index contributed by atoms with van der Waals surface area (Å²) in [5.41, 5.74) is 1.22. The lowest BCUT2D eigenvalue weighted by atomic mass is 10.0. The first kappa shape index (κ1) is 13.3. The maximum absolute atomic E-state index is 6.17. The fraction of sp³-hybridized carbons (Fsp3) is 0.471. The van der Waals surface area contributed by atoms with Crippen molar-refractivity contribution in [3.8, 4) is 15.6 Å². The van der Waals surface area contributed by atoms with Gasteiger partial charge in [-0.2, -0.15) is 0 Å². The van der Waals surface area contributed by atoms with Crippen molar-refractivity contribution in [3.63, 3.8) is 0 Å². The molecule has 1 aromatic carbocycles. The summed E-state index contributed by atoms with van der Waals surface area (Å²) in [7, 11) is 2.26. The van der Waals surface area contributed by atoms with E-state index in [1.54, 1.807) is 11.3 Å². The molecule has 0 amide bonds. The molecule has 4 heteroatoms. The lowest BCUT2D eigenvalue weighted by Crippen LogP contribution is -2.43. The molecule has 2 bridgehead atoms. The van der Waals surface area contributed by atoms with Crippen LogP contribution in [0.4, 0.5) is 0 Å². The highest BCUT2D eigenvalue weighted by molar-refractivity contribution is 7.16. The van der Waals surface area contributed by atoms with Crippen LogP contribution in [0.1, 0.15) is 25.7 Å². The van der Waals surface area contributed by atoms with Gasteiger partial charge in [-0.05, 0) is 38.3 Å². The standard InChI is InChI=1S/C17H20N2OS/c1-19-13-7-8-14(19)10-15(9-13)20-17-18-11-16(21-17)12-5-3-2-4-6-12/h2-6,11,13-15H,7-10H2,1H3. The van der Waals surface area contributed by atoms with Crippen molar-refractivity contribution in [1.82, 2.24) is 9.88 Å². The van der Waals surface area contributed by atoms with E-state index in [-0.39, 0.29) is 0 Å². The minimum absolute atomic E-state index is 0.341. The Kier molecular flexibility index (Phi) is 3.43. The van der Waals surface area contributed by atoms with Crippen LogP contribution in [-0.2, 0) is 0 Å². The second-order valence-corrected chi connectivity index (χ2v) is 7.11. The van der Waals surface area contributed by atoms with Crippen molar-refractivity contribution >= 4 is 11.3 Å². The van der Waals surface area contributed by atoms with E-state index in [1.165, 1.54) is 23.3 Å². The monoisotopic (exact) mass is 300 g/mol. The van der Waals surface area contributed by atoms with Gasteiger partial charge in [-0.3, -0.25) is 0 Å². The molecule has 0 radical (unpaired) electrons. The fourth-order valence-corrected chi connectivity index (χ4v) is 4.49. The molecule has 2 aliphatic heterocycles. The zero-order chi connectivity index (χ0) is 14.2. The molecular weight excluding hydrogens is 280 g/mol. The summed E-state index contributed by atoms with van der Waals surface area (Å²) in [5.74, 6) is 0. The Hall–Kier alpha value is -1.39. The average Bonchev–Trinajstić information content (AvgIpc) is 3.03. The van der Waals surface area contributed by atoms with Gasteiger partial charge >= 0.3 is 0 Å².